The van der Waals surface area contributed by atoms with Crippen LogP contribution in [0.25, 0.3) is 0 Å². The third-order valence-electron chi connectivity index (χ3n) is 3.80. The van der Waals surface area contributed by atoms with Gasteiger partial charge in [0.15, 0.2) is 6.29 Å². The molecule has 9 heteroatoms. The van der Waals surface area contributed by atoms with Crippen LogP contribution in [0.5, 0.6) is 0 Å². The number of nitrogens with two attached hydrogens (primary N) is 1. The molecular formula is C18H23N3O6. The summed E-state index contributed by atoms with van der Waals surface area (Å²) >= 11 is 0. The number of aldehydes is 1. The van der Waals surface area contributed by atoms with Crippen LogP contribution in [0.15, 0.2) is 30.0 Å². The summed E-state index contributed by atoms with van der Waals surface area (Å²) in [6.07, 6.45) is 1.79. The predicted octanol–water partition coefficient (Wildman–Crippen LogP) is 0.910. The van der Waals surface area contributed by atoms with Crippen LogP contribution in [0.2, 0.25) is 0 Å². The fourth-order valence-corrected chi connectivity index (χ4v) is 2.31. The number of hydrogen-bond acceptors (Lipinski definition) is 6. The number of nitrogens with one attached hydrogen (secondary N) is 2. The summed E-state index contributed by atoms with van der Waals surface area (Å²) in [6.45, 7) is 2.10. The molecule has 0 spiro atoms. The van der Waals surface area contributed by atoms with E-state index in [2.05, 4.69) is 10.6 Å². The van der Waals surface area contributed by atoms with Crippen LogP contribution in [-0.4, -0.2) is 48.9 Å². The number of carboxylic acids is 1. The van der Waals surface area contributed by atoms with E-state index >= 15 is 0 Å². The molecule has 0 radical (unpaired) electrons. The standard InChI is InChI=1S/C18H23N3O6/c1-3-11(27-2)9-20-14-6-4-5-12(13(14)10-22)18(26)21-15(17(19)25)7-8-16(23)24/h3-6,10,15,20H,7-9H2,1-2H3,(H2,19,25)(H,21,26)(H,23,24)/b11-3-. The fraction of sp³-hybridized carbons (Fsp3) is 0.333. The van der Waals surface area contributed by atoms with Gasteiger partial charge in [-0.15, -0.1) is 0 Å². The molecular weight excluding hydrogens is 354 g/mol. The molecule has 0 fully saturated rings. The van der Waals surface area contributed by atoms with Crippen molar-refractivity contribution in [2.75, 3.05) is 19.0 Å². The number of rotatable bonds is 11. The van der Waals surface area contributed by atoms with Gasteiger partial charge in [0, 0.05) is 12.1 Å². The highest BCUT2D eigenvalue weighted by molar-refractivity contribution is 6.05. The second-order valence-corrected chi connectivity index (χ2v) is 5.56. The highest BCUT2D eigenvalue weighted by Gasteiger charge is 2.22. The smallest absolute Gasteiger partial charge is 0.303 e. The monoisotopic (exact) mass is 377 g/mol. The number of primary amides is 1. The third kappa shape index (κ3) is 6.46. The highest BCUT2D eigenvalue weighted by Crippen LogP contribution is 2.19. The minimum Gasteiger partial charge on any atom is -0.500 e. The van der Waals surface area contributed by atoms with Crippen molar-refractivity contribution in [1.29, 1.82) is 0 Å². The Morgan fingerprint density at radius 2 is 2.04 bits per heavy atom. The summed E-state index contributed by atoms with van der Waals surface area (Å²) in [4.78, 5) is 46.2. The average Bonchev–Trinajstić information content (AvgIpc) is 2.64. The zero-order valence-corrected chi connectivity index (χ0v) is 15.2. The SMILES string of the molecule is C/C=C(/CNc1cccc(C(=O)NC(CCC(=O)O)C(N)=O)c1C=O)OC. The molecule has 9 nitrogen and oxygen atoms in total. The van der Waals surface area contributed by atoms with Crippen LogP contribution in [0.1, 0.15) is 40.5 Å². The molecule has 1 rings (SSSR count). The van der Waals surface area contributed by atoms with Gasteiger partial charge in [-0.3, -0.25) is 19.2 Å². The van der Waals surface area contributed by atoms with Crippen molar-refractivity contribution < 1.29 is 29.0 Å². The predicted molar refractivity (Wildman–Crippen MR) is 98.4 cm³/mol. The minimum absolute atomic E-state index is 0.0380. The number of anilines is 1. The van der Waals surface area contributed by atoms with Gasteiger partial charge >= 0.3 is 5.97 Å². The van der Waals surface area contributed by atoms with Gasteiger partial charge in [-0.25, -0.2) is 0 Å². The van der Waals surface area contributed by atoms with Crippen LogP contribution in [0.3, 0.4) is 0 Å². The van der Waals surface area contributed by atoms with Gasteiger partial charge < -0.3 is 26.2 Å². The van der Waals surface area contributed by atoms with E-state index in [-0.39, 0.29) is 24.0 Å². The molecule has 0 aliphatic carbocycles. The number of aliphatic carboxylic acids is 1. The second-order valence-electron chi connectivity index (χ2n) is 5.56. The lowest BCUT2D eigenvalue weighted by Gasteiger charge is -2.17. The maximum absolute atomic E-state index is 12.5. The molecule has 1 aromatic rings. The Bertz CT molecular complexity index is 745. The van der Waals surface area contributed by atoms with Gasteiger partial charge in [-0.1, -0.05) is 6.07 Å². The quantitative estimate of drug-likeness (QED) is 0.331. The van der Waals surface area contributed by atoms with Crippen molar-refractivity contribution in [3.63, 3.8) is 0 Å². The van der Waals surface area contributed by atoms with Gasteiger partial charge in [0.1, 0.15) is 11.8 Å². The topological polar surface area (TPSA) is 148 Å². The lowest BCUT2D eigenvalue weighted by atomic mass is 10.0. The van der Waals surface area contributed by atoms with E-state index in [0.717, 1.165) is 0 Å². The fourth-order valence-electron chi connectivity index (χ4n) is 2.31. The van der Waals surface area contributed by atoms with Gasteiger partial charge in [0.2, 0.25) is 5.91 Å². The van der Waals surface area contributed by atoms with Gasteiger partial charge in [-0.2, -0.15) is 0 Å². The van der Waals surface area contributed by atoms with Crippen molar-refractivity contribution >= 4 is 29.8 Å². The van der Waals surface area contributed by atoms with Crippen molar-refractivity contribution in [3.8, 4) is 0 Å². The Morgan fingerprint density at radius 1 is 1.33 bits per heavy atom. The number of amides is 2. The van der Waals surface area contributed by atoms with Crippen molar-refractivity contribution in [1.82, 2.24) is 5.32 Å². The van der Waals surface area contributed by atoms with Crippen LogP contribution in [-0.2, 0) is 14.3 Å². The summed E-state index contributed by atoms with van der Waals surface area (Å²) in [6, 6.07) is 3.46. The molecule has 1 atom stereocenters. The van der Waals surface area contributed by atoms with E-state index < -0.39 is 23.8 Å². The summed E-state index contributed by atoms with van der Waals surface area (Å²) in [7, 11) is 1.52. The molecule has 1 aromatic carbocycles. The molecule has 0 saturated carbocycles. The number of ether oxygens (including phenoxy) is 1. The van der Waals surface area contributed by atoms with Crippen LogP contribution < -0.4 is 16.4 Å². The van der Waals surface area contributed by atoms with Gasteiger partial charge in [0.25, 0.3) is 5.91 Å². The normalized spacial score (nSPS) is 12.0. The zero-order chi connectivity index (χ0) is 20.4. The molecule has 146 valence electrons. The number of methoxy groups -OCH3 is 1. The molecule has 5 N–H and O–H groups in total. The second kappa shape index (κ2) is 10.6. The first-order chi connectivity index (χ1) is 12.8. The van der Waals surface area contributed by atoms with E-state index in [9.17, 15) is 19.2 Å². The molecule has 0 saturated heterocycles. The van der Waals surface area contributed by atoms with Gasteiger partial charge in [0.05, 0.1) is 24.8 Å². The van der Waals surface area contributed by atoms with Crippen LogP contribution >= 0.6 is 0 Å². The van der Waals surface area contributed by atoms with E-state index in [0.29, 0.717) is 24.3 Å². The Kier molecular flexibility index (Phi) is 8.50. The molecule has 0 aliphatic heterocycles. The highest BCUT2D eigenvalue weighted by atomic mass is 16.5. The Morgan fingerprint density at radius 3 is 2.56 bits per heavy atom. The largest absolute Gasteiger partial charge is 0.500 e. The van der Waals surface area contributed by atoms with Crippen LogP contribution in [0, 0.1) is 0 Å². The summed E-state index contributed by atoms with van der Waals surface area (Å²) in [5, 5.41) is 14.1. The summed E-state index contributed by atoms with van der Waals surface area (Å²) < 4.78 is 5.13. The van der Waals surface area contributed by atoms with E-state index in [1.807, 2.05) is 0 Å². The molecule has 0 bridgehead atoms. The minimum atomic E-state index is -1.16. The Hall–Kier alpha value is -3.36. The van der Waals surface area contributed by atoms with Gasteiger partial charge in [-0.05, 0) is 31.6 Å². The summed E-state index contributed by atoms with van der Waals surface area (Å²) in [5.74, 6) is -2.03. The van der Waals surface area contributed by atoms with E-state index in [1.54, 1.807) is 25.1 Å². The Labute approximate surface area is 156 Å². The maximum Gasteiger partial charge on any atom is 0.303 e. The molecule has 0 heterocycles. The summed E-state index contributed by atoms with van der Waals surface area (Å²) in [5.41, 5.74) is 5.76. The zero-order valence-electron chi connectivity index (χ0n) is 15.2. The average molecular weight is 377 g/mol. The first-order valence-corrected chi connectivity index (χ1v) is 8.17. The van der Waals surface area contributed by atoms with Crippen molar-refractivity contribution in [3.05, 3.63) is 41.2 Å². The number of carbonyl (C=O) groups is 4. The van der Waals surface area contributed by atoms with E-state index in [1.165, 1.54) is 13.2 Å². The van der Waals surface area contributed by atoms with E-state index in [4.69, 9.17) is 15.6 Å². The lowest BCUT2D eigenvalue weighted by molar-refractivity contribution is -0.137. The molecule has 0 aromatic heterocycles. The van der Waals surface area contributed by atoms with Crippen molar-refractivity contribution in [2.45, 2.75) is 25.8 Å². The number of carbonyl (C=O) groups excluding carboxylic acids is 3. The van der Waals surface area contributed by atoms with Crippen molar-refractivity contribution in [2.24, 2.45) is 5.73 Å². The number of hydrogen-bond donors (Lipinski definition) is 4. The maximum atomic E-state index is 12.5. The Balaban J connectivity index is 3.01. The van der Waals surface area contributed by atoms with Crippen LogP contribution in [0.4, 0.5) is 5.69 Å². The lowest BCUT2D eigenvalue weighted by Crippen LogP contribution is -2.45. The first-order valence-electron chi connectivity index (χ1n) is 8.17. The number of allylic oxidation sites excluding steroid dienone is 1. The molecule has 1 unspecified atom stereocenters. The number of carboxylic acid groups (broad SMARTS) is 1. The third-order valence-corrected chi connectivity index (χ3v) is 3.80. The number of benzene rings is 1. The molecule has 27 heavy (non-hydrogen) atoms. The first kappa shape index (κ1) is 21.7. The molecule has 0 aliphatic rings. The molecule has 2 amide bonds.